The molecule has 0 fully saturated rings. The summed E-state index contributed by atoms with van der Waals surface area (Å²) in [6, 6.07) is 4.09. The Labute approximate surface area is 96.8 Å². The van der Waals surface area contributed by atoms with E-state index in [1.165, 1.54) is 11.1 Å². The monoisotopic (exact) mass is 221 g/mol. The molecule has 3 nitrogen and oxygen atoms in total. The predicted octanol–water partition coefficient (Wildman–Crippen LogP) is 2.08. The van der Waals surface area contributed by atoms with Gasteiger partial charge in [0.05, 0.1) is 14.2 Å². The minimum atomic E-state index is 0.0769. The fourth-order valence-corrected chi connectivity index (χ4v) is 2.46. The van der Waals surface area contributed by atoms with Crippen LogP contribution in [0.4, 0.5) is 0 Å². The molecule has 2 rings (SSSR count). The minimum absolute atomic E-state index is 0.0769. The Bertz CT molecular complexity index is 399. The average molecular weight is 221 g/mol. The molecule has 0 atom stereocenters. The average Bonchev–Trinajstić information content (AvgIpc) is 2.27. The molecular formula is C13H19NO2. The molecule has 0 aliphatic carbocycles. The van der Waals surface area contributed by atoms with Gasteiger partial charge in [-0.05, 0) is 11.6 Å². The molecule has 0 amide bonds. The van der Waals surface area contributed by atoms with Gasteiger partial charge in [0, 0.05) is 24.1 Å². The Morgan fingerprint density at radius 3 is 2.56 bits per heavy atom. The van der Waals surface area contributed by atoms with Gasteiger partial charge in [0.25, 0.3) is 0 Å². The van der Waals surface area contributed by atoms with Gasteiger partial charge in [-0.15, -0.1) is 0 Å². The van der Waals surface area contributed by atoms with Gasteiger partial charge in [0.2, 0.25) is 0 Å². The van der Waals surface area contributed by atoms with Crippen LogP contribution in [-0.4, -0.2) is 20.8 Å². The second kappa shape index (κ2) is 3.98. The molecule has 0 spiro atoms. The number of nitrogens with one attached hydrogen (secondary N) is 1. The topological polar surface area (TPSA) is 30.5 Å². The largest absolute Gasteiger partial charge is 0.493 e. The van der Waals surface area contributed by atoms with Crippen molar-refractivity contribution in [3.05, 3.63) is 23.3 Å². The molecule has 1 aliphatic rings. The van der Waals surface area contributed by atoms with Crippen molar-refractivity contribution in [1.82, 2.24) is 5.32 Å². The van der Waals surface area contributed by atoms with Crippen molar-refractivity contribution >= 4 is 0 Å². The SMILES string of the molecule is COc1ccc2c(c1OC)C(C)(C)CNC2. The van der Waals surface area contributed by atoms with Gasteiger partial charge >= 0.3 is 0 Å². The van der Waals surface area contributed by atoms with Crippen LogP contribution < -0.4 is 14.8 Å². The summed E-state index contributed by atoms with van der Waals surface area (Å²) in [7, 11) is 3.38. The van der Waals surface area contributed by atoms with E-state index in [4.69, 9.17) is 9.47 Å². The van der Waals surface area contributed by atoms with Crippen LogP contribution in [0.3, 0.4) is 0 Å². The number of fused-ring (bicyclic) bond motifs is 1. The van der Waals surface area contributed by atoms with Crippen molar-refractivity contribution in [2.24, 2.45) is 0 Å². The highest BCUT2D eigenvalue weighted by Crippen LogP contribution is 2.42. The van der Waals surface area contributed by atoms with E-state index in [2.05, 4.69) is 25.2 Å². The van der Waals surface area contributed by atoms with Gasteiger partial charge in [0.1, 0.15) is 0 Å². The zero-order valence-corrected chi connectivity index (χ0v) is 10.4. The standard InChI is InChI=1S/C13H19NO2/c1-13(2)8-14-7-9-5-6-10(15-3)12(16-4)11(9)13/h5-6,14H,7-8H2,1-4H3. The first-order valence-corrected chi connectivity index (χ1v) is 5.55. The first-order valence-electron chi connectivity index (χ1n) is 5.55. The summed E-state index contributed by atoms with van der Waals surface area (Å²) in [5, 5.41) is 3.42. The summed E-state index contributed by atoms with van der Waals surface area (Å²) in [5.74, 6) is 1.70. The van der Waals surface area contributed by atoms with Gasteiger partial charge in [-0.25, -0.2) is 0 Å². The Morgan fingerprint density at radius 2 is 1.94 bits per heavy atom. The number of rotatable bonds is 2. The number of ether oxygens (including phenoxy) is 2. The summed E-state index contributed by atoms with van der Waals surface area (Å²) < 4.78 is 10.9. The molecule has 0 unspecified atom stereocenters. The lowest BCUT2D eigenvalue weighted by atomic mass is 9.78. The van der Waals surface area contributed by atoms with E-state index < -0.39 is 0 Å². The van der Waals surface area contributed by atoms with Crippen LogP contribution in [0.25, 0.3) is 0 Å². The fourth-order valence-electron chi connectivity index (χ4n) is 2.46. The maximum Gasteiger partial charge on any atom is 0.164 e. The molecule has 1 aliphatic heterocycles. The van der Waals surface area contributed by atoms with E-state index in [9.17, 15) is 0 Å². The lowest BCUT2D eigenvalue weighted by Gasteiger charge is -2.34. The predicted molar refractivity (Wildman–Crippen MR) is 64.3 cm³/mol. The van der Waals surface area contributed by atoms with Crippen molar-refractivity contribution in [3.63, 3.8) is 0 Å². The molecule has 0 radical (unpaired) electrons. The number of hydrogen-bond acceptors (Lipinski definition) is 3. The quantitative estimate of drug-likeness (QED) is 0.829. The van der Waals surface area contributed by atoms with E-state index in [1.807, 2.05) is 6.07 Å². The van der Waals surface area contributed by atoms with E-state index in [0.29, 0.717) is 0 Å². The van der Waals surface area contributed by atoms with Crippen LogP contribution in [0.1, 0.15) is 25.0 Å². The summed E-state index contributed by atoms with van der Waals surface area (Å²) in [6.45, 7) is 6.31. The van der Waals surface area contributed by atoms with Gasteiger partial charge in [-0.2, -0.15) is 0 Å². The molecule has 0 saturated heterocycles. The molecule has 1 N–H and O–H groups in total. The van der Waals surface area contributed by atoms with Crippen molar-refractivity contribution in [1.29, 1.82) is 0 Å². The van der Waals surface area contributed by atoms with E-state index >= 15 is 0 Å². The molecule has 1 heterocycles. The summed E-state index contributed by atoms with van der Waals surface area (Å²) in [4.78, 5) is 0. The van der Waals surface area contributed by atoms with Crippen LogP contribution in [0, 0.1) is 0 Å². The van der Waals surface area contributed by atoms with Crippen LogP contribution >= 0.6 is 0 Å². The van der Waals surface area contributed by atoms with Crippen LogP contribution in [0.2, 0.25) is 0 Å². The second-order valence-electron chi connectivity index (χ2n) is 4.82. The van der Waals surface area contributed by atoms with Crippen LogP contribution in [-0.2, 0) is 12.0 Å². The molecular weight excluding hydrogens is 202 g/mol. The molecule has 88 valence electrons. The van der Waals surface area contributed by atoms with Crippen LogP contribution in [0.5, 0.6) is 11.5 Å². The highest BCUT2D eigenvalue weighted by molar-refractivity contribution is 5.55. The smallest absolute Gasteiger partial charge is 0.164 e. The second-order valence-corrected chi connectivity index (χ2v) is 4.82. The molecule has 1 aromatic carbocycles. The Hall–Kier alpha value is -1.22. The van der Waals surface area contributed by atoms with Gasteiger partial charge in [-0.1, -0.05) is 19.9 Å². The Kier molecular flexibility index (Phi) is 2.80. The zero-order valence-electron chi connectivity index (χ0n) is 10.4. The minimum Gasteiger partial charge on any atom is -0.493 e. The molecule has 16 heavy (non-hydrogen) atoms. The molecule has 0 aromatic heterocycles. The van der Waals surface area contributed by atoms with Crippen LogP contribution in [0.15, 0.2) is 12.1 Å². The maximum absolute atomic E-state index is 5.52. The van der Waals surface area contributed by atoms with Crippen molar-refractivity contribution in [2.45, 2.75) is 25.8 Å². The number of hydrogen-bond donors (Lipinski definition) is 1. The molecule has 0 saturated carbocycles. The van der Waals surface area contributed by atoms with Gasteiger partial charge < -0.3 is 14.8 Å². The summed E-state index contributed by atoms with van der Waals surface area (Å²) in [5.41, 5.74) is 2.65. The van der Waals surface area contributed by atoms with Gasteiger partial charge in [-0.3, -0.25) is 0 Å². The van der Waals surface area contributed by atoms with E-state index in [1.54, 1.807) is 14.2 Å². The molecule has 3 heteroatoms. The van der Waals surface area contributed by atoms with E-state index in [0.717, 1.165) is 24.6 Å². The zero-order chi connectivity index (χ0) is 11.8. The summed E-state index contributed by atoms with van der Waals surface area (Å²) >= 11 is 0. The highest BCUT2D eigenvalue weighted by Gasteiger charge is 2.32. The van der Waals surface area contributed by atoms with Gasteiger partial charge in [0.15, 0.2) is 11.5 Å². The van der Waals surface area contributed by atoms with Crippen molar-refractivity contribution in [3.8, 4) is 11.5 Å². The van der Waals surface area contributed by atoms with E-state index in [-0.39, 0.29) is 5.41 Å². The fraction of sp³-hybridized carbons (Fsp3) is 0.538. The maximum atomic E-state index is 5.52. The molecule has 1 aromatic rings. The van der Waals surface area contributed by atoms with Crippen molar-refractivity contribution in [2.75, 3.05) is 20.8 Å². The summed E-state index contributed by atoms with van der Waals surface area (Å²) in [6.07, 6.45) is 0. The molecule has 0 bridgehead atoms. The third-order valence-electron chi connectivity index (χ3n) is 3.19. The third-order valence-corrected chi connectivity index (χ3v) is 3.19. The lowest BCUT2D eigenvalue weighted by Crippen LogP contribution is -2.39. The van der Waals surface area contributed by atoms with Crippen molar-refractivity contribution < 1.29 is 9.47 Å². The first-order chi connectivity index (χ1) is 7.60. The third kappa shape index (κ3) is 1.65. The highest BCUT2D eigenvalue weighted by atomic mass is 16.5. The Balaban J connectivity index is 2.64. The number of benzene rings is 1. The number of methoxy groups -OCH3 is 2. The Morgan fingerprint density at radius 1 is 1.19 bits per heavy atom. The first kappa shape index (κ1) is 11.3. The normalized spacial score (nSPS) is 17.8. The lowest BCUT2D eigenvalue weighted by molar-refractivity contribution is 0.333.